The predicted molar refractivity (Wildman–Crippen MR) is 55.7 cm³/mol. The first kappa shape index (κ1) is 10.1. The Morgan fingerprint density at radius 3 is 2.73 bits per heavy atom. The summed E-state index contributed by atoms with van der Waals surface area (Å²) in [5.41, 5.74) is 1.41. The quantitative estimate of drug-likeness (QED) is 0.704. The largest absolute Gasteiger partial charge is 0.486 e. The van der Waals surface area contributed by atoms with Gasteiger partial charge in [0.15, 0.2) is 5.75 Å². The first-order valence-corrected chi connectivity index (χ1v) is 5.08. The molecule has 1 saturated heterocycles. The van der Waals surface area contributed by atoms with Crippen molar-refractivity contribution in [1.29, 1.82) is 0 Å². The molecular formula is C11H14N2O2. The Morgan fingerprint density at radius 2 is 2.00 bits per heavy atom. The second-order valence-electron chi connectivity index (χ2n) is 3.36. The molecule has 0 aliphatic carbocycles. The summed E-state index contributed by atoms with van der Waals surface area (Å²) in [4.78, 5) is 7.75. The molecule has 0 amide bonds. The SMILES string of the molecule is C(COc1cncnc1)=C1CCOCC1. The van der Waals surface area contributed by atoms with E-state index in [0.717, 1.165) is 26.1 Å². The third-order valence-electron chi connectivity index (χ3n) is 2.29. The Kier molecular flexibility index (Phi) is 3.68. The third kappa shape index (κ3) is 3.32. The molecule has 1 aliphatic heterocycles. The molecule has 1 fully saturated rings. The van der Waals surface area contributed by atoms with Crippen LogP contribution in [0.5, 0.6) is 5.75 Å². The van der Waals surface area contributed by atoms with Crippen molar-refractivity contribution in [1.82, 2.24) is 9.97 Å². The van der Waals surface area contributed by atoms with Gasteiger partial charge in [-0.3, -0.25) is 0 Å². The number of rotatable bonds is 3. The van der Waals surface area contributed by atoms with E-state index in [9.17, 15) is 0 Å². The molecule has 4 heteroatoms. The van der Waals surface area contributed by atoms with Gasteiger partial charge in [-0.05, 0) is 18.9 Å². The van der Waals surface area contributed by atoms with E-state index in [1.54, 1.807) is 12.4 Å². The summed E-state index contributed by atoms with van der Waals surface area (Å²) in [6.45, 7) is 2.25. The molecule has 0 atom stereocenters. The highest BCUT2D eigenvalue weighted by atomic mass is 16.5. The van der Waals surface area contributed by atoms with Crippen LogP contribution in [0.1, 0.15) is 12.8 Å². The highest BCUT2D eigenvalue weighted by Gasteiger charge is 2.04. The van der Waals surface area contributed by atoms with Gasteiger partial charge >= 0.3 is 0 Å². The van der Waals surface area contributed by atoms with Gasteiger partial charge in [-0.15, -0.1) is 0 Å². The highest BCUT2D eigenvalue weighted by Crippen LogP contribution is 2.13. The van der Waals surface area contributed by atoms with Gasteiger partial charge in [0.25, 0.3) is 0 Å². The number of hydrogen-bond donors (Lipinski definition) is 0. The van der Waals surface area contributed by atoms with Crippen LogP contribution in [0.25, 0.3) is 0 Å². The van der Waals surface area contributed by atoms with E-state index in [2.05, 4.69) is 16.0 Å². The molecule has 2 heterocycles. The van der Waals surface area contributed by atoms with E-state index in [4.69, 9.17) is 9.47 Å². The molecular weight excluding hydrogens is 192 g/mol. The van der Waals surface area contributed by atoms with Crippen LogP contribution in [-0.4, -0.2) is 29.8 Å². The van der Waals surface area contributed by atoms with Crippen LogP contribution in [0.3, 0.4) is 0 Å². The molecule has 4 nitrogen and oxygen atoms in total. The fourth-order valence-electron chi connectivity index (χ4n) is 1.45. The average Bonchev–Trinajstić information content (AvgIpc) is 2.32. The zero-order chi connectivity index (χ0) is 10.3. The van der Waals surface area contributed by atoms with Gasteiger partial charge in [0, 0.05) is 0 Å². The van der Waals surface area contributed by atoms with Crippen LogP contribution >= 0.6 is 0 Å². The van der Waals surface area contributed by atoms with Crippen LogP contribution in [0.4, 0.5) is 0 Å². The van der Waals surface area contributed by atoms with Gasteiger partial charge < -0.3 is 9.47 Å². The Balaban J connectivity index is 1.78. The average molecular weight is 206 g/mol. The summed E-state index contributed by atoms with van der Waals surface area (Å²) in [6.07, 6.45) is 8.98. The summed E-state index contributed by atoms with van der Waals surface area (Å²) in [5.74, 6) is 0.710. The highest BCUT2D eigenvalue weighted by molar-refractivity contribution is 5.11. The molecule has 15 heavy (non-hydrogen) atoms. The molecule has 0 saturated carbocycles. The van der Waals surface area contributed by atoms with Crippen molar-refractivity contribution >= 4 is 0 Å². The maximum Gasteiger partial charge on any atom is 0.156 e. The van der Waals surface area contributed by atoms with Crippen molar-refractivity contribution in [3.05, 3.63) is 30.4 Å². The van der Waals surface area contributed by atoms with E-state index in [0.29, 0.717) is 12.4 Å². The second kappa shape index (κ2) is 5.46. The molecule has 0 N–H and O–H groups in total. The van der Waals surface area contributed by atoms with Gasteiger partial charge in [-0.25, -0.2) is 9.97 Å². The summed E-state index contributed by atoms with van der Waals surface area (Å²) in [7, 11) is 0. The molecule has 0 spiro atoms. The minimum atomic E-state index is 0.586. The van der Waals surface area contributed by atoms with Crippen molar-refractivity contribution in [3.63, 3.8) is 0 Å². The van der Waals surface area contributed by atoms with Crippen molar-refractivity contribution < 1.29 is 9.47 Å². The minimum Gasteiger partial charge on any atom is -0.486 e. The van der Waals surface area contributed by atoms with Crippen molar-refractivity contribution in [2.45, 2.75) is 12.8 Å². The maximum atomic E-state index is 5.47. The number of aromatic nitrogens is 2. The van der Waals surface area contributed by atoms with Crippen LogP contribution in [0.15, 0.2) is 30.4 Å². The Hall–Kier alpha value is -1.42. The lowest BCUT2D eigenvalue weighted by Gasteiger charge is -2.14. The number of hydrogen-bond acceptors (Lipinski definition) is 4. The van der Waals surface area contributed by atoms with Crippen molar-refractivity contribution in [3.8, 4) is 5.75 Å². The van der Waals surface area contributed by atoms with E-state index >= 15 is 0 Å². The maximum absolute atomic E-state index is 5.47. The predicted octanol–water partition coefficient (Wildman–Crippen LogP) is 1.59. The van der Waals surface area contributed by atoms with Gasteiger partial charge in [0.1, 0.15) is 12.9 Å². The standard InChI is InChI=1S/C11H14N2O2/c1-4-14-5-2-10(1)3-6-15-11-7-12-9-13-8-11/h3,7-9H,1-2,4-6H2. The van der Waals surface area contributed by atoms with E-state index < -0.39 is 0 Å². The van der Waals surface area contributed by atoms with Crippen LogP contribution in [0, 0.1) is 0 Å². The molecule has 0 aromatic carbocycles. The van der Waals surface area contributed by atoms with Gasteiger partial charge in [-0.1, -0.05) is 5.57 Å². The van der Waals surface area contributed by atoms with Gasteiger partial charge in [0.05, 0.1) is 25.6 Å². The van der Waals surface area contributed by atoms with E-state index in [-0.39, 0.29) is 0 Å². The first-order chi connectivity index (χ1) is 7.45. The normalized spacial score (nSPS) is 16.1. The third-order valence-corrected chi connectivity index (χ3v) is 2.29. The van der Waals surface area contributed by atoms with Crippen LogP contribution in [0.2, 0.25) is 0 Å². The Bertz CT molecular complexity index is 317. The lowest BCUT2D eigenvalue weighted by molar-refractivity contribution is 0.118. The smallest absolute Gasteiger partial charge is 0.156 e. The van der Waals surface area contributed by atoms with Crippen LogP contribution < -0.4 is 4.74 Å². The molecule has 1 aromatic rings. The van der Waals surface area contributed by atoms with E-state index in [1.165, 1.54) is 11.9 Å². The summed E-state index contributed by atoms with van der Waals surface area (Å²) in [5, 5.41) is 0. The Morgan fingerprint density at radius 1 is 1.27 bits per heavy atom. The Labute approximate surface area is 89.0 Å². The number of nitrogens with zero attached hydrogens (tertiary/aromatic N) is 2. The lowest BCUT2D eigenvalue weighted by Crippen LogP contribution is -2.08. The topological polar surface area (TPSA) is 44.2 Å². The molecule has 80 valence electrons. The summed E-state index contributed by atoms with van der Waals surface area (Å²) < 4.78 is 10.7. The van der Waals surface area contributed by atoms with Gasteiger partial charge in [0.2, 0.25) is 0 Å². The van der Waals surface area contributed by atoms with Crippen LogP contribution in [-0.2, 0) is 4.74 Å². The minimum absolute atomic E-state index is 0.586. The lowest BCUT2D eigenvalue weighted by atomic mass is 10.1. The van der Waals surface area contributed by atoms with Crippen molar-refractivity contribution in [2.24, 2.45) is 0 Å². The zero-order valence-electron chi connectivity index (χ0n) is 8.56. The summed E-state index contributed by atoms with van der Waals surface area (Å²) in [6, 6.07) is 0. The second-order valence-corrected chi connectivity index (χ2v) is 3.36. The monoisotopic (exact) mass is 206 g/mol. The molecule has 1 aliphatic rings. The fraction of sp³-hybridized carbons (Fsp3) is 0.455. The molecule has 0 bridgehead atoms. The zero-order valence-corrected chi connectivity index (χ0v) is 8.56. The fourth-order valence-corrected chi connectivity index (χ4v) is 1.45. The van der Waals surface area contributed by atoms with Gasteiger partial charge in [-0.2, -0.15) is 0 Å². The number of ether oxygens (including phenoxy) is 2. The summed E-state index contributed by atoms with van der Waals surface area (Å²) >= 11 is 0. The van der Waals surface area contributed by atoms with E-state index in [1.807, 2.05) is 0 Å². The molecule has 0 radical (unpaired) electrons. The van der Waals surface area contributed by atoms with Crippen molar-refractivity contribution in [2.75, 3.05) is 19.8 Å². The first-order valence-electron chi connectivity index (χ1n) is 5.08. The molecule has 2 rings (SSSR count). The molecule has 1 aromatic heterocycles. The molecule has 0 unspecified atom stereocenters.